The van der Waals surface area contributed by atoms with Crippen LogP contribution in [0.15, 0.2) is 0 Å². The Morgan fingerprint density at radius 3 is 2.43 bits per heavy atom. The molecule has 0 spiro atoms. The molecule has 0 heterocycles. The Balaban J connectivity index is -0.000000125. The molecule has 0 bridgehead atoms. The largest absolute Gasteiger partial charge is 1.00 e. The van der Waals surface area contributed by atoms with E-state index in [1.54, 1.807) is 0 Å². The van der Waals surface area contributed by atoms with Crippen LogP contribution in [0.2, 0.25) is 0 Å². The molecule has 5 heteroatoms. The number of thioether (sulfide) groups is 1. The monoisotopic (exact) mass is 161 g/mol. The molecule has 0 aromatic rings. The van der Waals surface area contributed by atoms with E-state index in [-0.39, 0.29) is 57.1 Å². The molecule has 0 aliphatic heterocycles. The normalized spacial score (nSPS) is 6.29. The van der Waals surface area contributed by atoms with Gasteiger partial charge in [-0.25, -0.2) is 0 Å². The van der Waals surface area contributed by atoms with Crippen LogP contribution in [-0.2, 0) is 4.79 Å². The van der Waals surface area contributed by atoms with Gasteiger partial charge in [0, 0.05) is 0 Å². The third kappa shape index (κ3) is 11.2. The van der Waals surface area contributed by atoms with E-state index in [0.29, 0.717) is 5.62 Å². The molecule has 0 saturated carbocycles. The number of carbonyl (C=O) groups excluding carboxylic acids is 1. The van der Waals surface area contributed by atoms with Crippen LogP contribution in [0.1, 0.15) is 1.43 Å². The van der Waals surface area contributed by atoms with Gasteiger partial charge in [-0.05, 0) is 11.8 Å². The van der Waals surface area contributed by atoms with E-state index in [1.165, 1.54) is 0 Å². The zero-order valence-electron chi connectivity index (χ0n) is 4.88. The van der Waals surface area contributed by atoms with Crippen molar-refractivity contribution in [2.75, 3.05) is 0 Å². The summed E-state index contributed by atoms with van der Waals surface area (Å²) in [6.45, 7) is 0. The fourth-order valence-electron chi connectivity index (χ4n) is 0.0474. The second-order valence-corrected chi connectivity index (χ2v) is 2.10. The smallest absolute Gasteiger partial charge is 1.00 e. The fraction of sp³-hybridized carbons (Fsp3) is 0. The van der Waals surface area contributed by atoms with E-state index in [1.807, 2.05) is 0 Å². The second kappa shape index (κ2) is 7.55. The van der Waals surface area contributed by atoms with Crippen molar-refractivity contribution < 1.29 is 57.6 Å². The second-order valence-electron chi connectivity index (χ2n) is 0.533. The molecule has 0 aromatic carbocycles. The summed E-state index contributed by atoms with van der Waals surface area (Å²) in [7, 11) is 0. The first-order chi connectivity index (χ1) is 2.77. The van der Waals surface area contributed by atoms with Crippen LogP contribution in [0.5, 0.6) is 0 Å². The molecular formula is C2H4KNOS2. The minimum atomic E-state index is 0. The van der Waals surface area contributed by atoms with Gasteiger partial charge in [-0.1, -0.05) is 12.2 Å². The van der Waals surface area contributed by atoms with Gasteiger partial charge in [0.1, 0.15) is 4.32 Å². The van der Waals surface area contributed by atoms with E-state index in [4.69, 9.17) is 5.73 Å². The summed E-state index contributed by atoms with van der Waals surface area (Å²) in [5, 5.41) is 0. The number of thiocarbonyl (C=S) groups is 1. The summed E-state index contributed by atoms with van der Waals surface area (Å²) in [6, 6.07) is 0. The van der Waals surface area contributed by atoms with Gasteiger partial charge in [-0.15, -0.1) is 0 Å². The Morgan fingerprint density at radius 2 is 2.43 bits per heavy atom. The van der Waals surface area contributed by atoms with Crippen LogP contribution >= 0.6 is 24.0 Å². The van der Waals surface area contributed by atoms with E-state index in [2.05, 4.69) is 12.2 Å². The van der Waals surface area contributed by atoms with Gasteiger partial charge in [0.2, 0.25) is 0 Å². The predicted molar refractivity (Wildman–Crippen MR) is 32.2 cm³/mol. The molecule has 0 fully saturated rings. The Labute approximate surface area is 95.5 Å². The number of hydrogen-bond acceptors (Lipinski definition) is 3. The Bertz CT molecular complexity index is 80.4. The van der Waals surface area contributed by atoms with Gasteiger partial charge in [-0.3, -0.25) is 4.79 Å². The number of rotatable bonds is 1. The van der Waals surface area contributed by atoms with Crippen molar-refractivity contribution in [3.63, 3.8) is 0 Å². The molecule has 0 unspecified atom stereocenters. The molecule has 0 saturated heterocycles. The van der Waals surface area contributed by atoms with Crippen molar-refractivity contribution in [2.45, 2.75) is 0 Å². The van der Waals surface area contributed by atoms with Gasteiger partial charge >= 0.3 is 51.4 Å². The van der Waals surface area contributed by atoms with Crippen LogP contribution in [-0.4, -0.2) is 9.94 Å². The van der Waals surface area contributed by atoms with Crippen LogP contribution in [0.4, 0.5) is 0 Å². The topological polar surface area (TPSA) is 43.1 Å². The minimum Gasteiger partial charge on any atom is -1.00 e. The van der Waals surface area contributed by atoms with Crippen LogP contribution in [0.3, 0.4) is 0 Å². The van der Waals surface area contributed by atoms with Crippen LogP contribution < -0.4 is 57.1 Å². The summed E-state index contributed by atoms with van der Waals surface area (Å²) in [5.74, 6) is 0. The summed E-state index contributed by atoms with van der Waals surface area (Å²) in [4.78, 5) is 9.41. The molecule has 0 amide bonds. The van der Waals surface area contributed by atoms with Gasteiger partial charge in [0.15, 0.2) is 5.62 Å². The zero-order valence-corrected chi connectivity index (χ0v) is 8.64. The van der Waals surface area contributed by atoms with Gasteiger partial charge in [-0.2, -0.15) is 0 Å². The maximum absolute atomic E-state index is 9.41. The number of nitrogens with two attached hydrogens (primary N) is 1. The predicted octanol–water partition coefficient (Wildman–Crippen LogP) is -2.73. The van der Waals surface area contributed by atoms with Gasteiger partial charge in [0.05, 0.1) is 0 Å². The first-order valence-corrected chi connectivity index (χ1v) is 2.46. The Kier molecular flexibility index (Phi) is 12.2. The van der Waals surface area contributed by atoms with Crippen molar-refractivity contribution in [2.24, 2.45) is 5.73 Å². The van der Waals surface area contributed by atoms with Crippen molar-refractivity contribution in [1.29, 1.82) is 0 Å². The molecule has 0 atom stereocenters. The zero-order chi connectivity index (χ0) is 4.99. The molecule has 2 N–H and O–H groups in total. The third-order valence-electron chi connectivity index (χ3n) is 0.164. The molecule has 0 radical (unpaired) electrons. The summed E-state index contributed by atoms with van der Waals surface area (Å²) < 4.78 is 0.171. The maximum Gasteiger partial charge on any atom is 1.00 e. The number of hydrogen-bond donors (Lipinski definition) is 1. The van der Waals surface area contributed by atoms with Crippen molar-refractivity contribution >= 4 is 33.9 Å². The molecule has 0 aliphatic rings. The van der Waals surface area contributed by atoms with E-state index < -0.39 is 0 Å². The third-order valence-corrected chi connectivity index (χ3v) is 0.781. The van der Waals surface area contributed by atoms with Crippen LogP contribution in [0.25, 0.3) is 0 Å². The number of carbonyl (C=O) groups is 1. The molecule has 2 nitrogen and oxygen atoms in total. The average Bonchev–Trinajstić information content (AvgIpc) is 1.35. The quantitative estimate of drug-likeness (QED) is 0.258. The standard InChI is InChI=1S/C2H3NOS2.K.H/c3-2(5)6-1-4;;/h1H,(H2,3,5);;/q;+1;-1. The summed E-state index contributed by atoms with van der Waals surface area (Å²) in [5.41, 5.74) is 5.47. The van der Waals surface area contributed by atoms with Crippen molar-refractivity contribution in [3.05, 3.63) is 0 Å². The summed E-state index contributed by atoms with van der Waals surface area (Å²) >= 11 is 5.12. The van der Waals surface area contributed by atoms with Gasteiger partial charge in [0.25, 0.3) is 0 Å². The Hall–Kier alpha value is 1.55. The van der Waals surface area contributed by atoms with Crippen LogP contribution in [0, 0.1) is 0 Å². The van der Waals surface area contributed by atoms with Crippen molar-refractivity contribution in [3.8, 4) is 0 Å². The molecule has 0 aliphatic carbocycles. The molecule has 0 aromatic heterocycles. The van der Waals surface area contributed by atoms with Gasteiger partial charge < -0.3 is 7.16 Å². The average molecular weight is 161 g/mol. The van der Waals surface area contributed by atoms with E-state index >= 15 is 0 Å². The molecule has 7 heavy (non-hydrogen) atoms. The first kappa shape index (κ1) is 11.4. The Morgan fingerprint density at radius 1 is 2.00 bits per heavy atom. The summed E-state index contributed by atoms with van der Waals surface area (Å²) in [6.07, 6.45) is 0. The molecule has 36 valence electrons. The SMILES string of the molecule is NC(=S)SC=O.[H-].[K+]. The fourth-order valence-corrected chi connectivity index (χ4v) is 0.260. The van der Waals surface area contributed by atoms with Crippen molar-refractivity contribution in [1.82, 2.24) is 0 Å². The first-order valence-electron chi connectivity index (χ1n) is 1.17. The van der Waals surface area contributed by atoms with E-state index in [9.17, 15) is 4.79 Å². The molecule has 0 rings (SSSR count). The van der Waals surface area contributed by atoms with E-state index in [0.717, 1.165) is 11.8 Å². The molecular weight excluding hydrogens is 157 g/mol. The minimum absolute atomic E-state index is 0. The maximum atomic E-state index is 9.41.